The van der Waals surface area contributed by atoms with E-state index in [-0.39, 0.29) is 19.1 Å². The lowest BCUT2D eigenvalue weighted by molar-refractivity contribution is -0.439. The van der Waals surface area contributed by atoms with E-state index in [9.17, 15) is 14.4 Å². The summed E-state index contributed by atoms with van der Waals surface area (Å²) in [5.41, 5.74) is 1.05. The summed E-state index contributed by atoms with van der Waals surface area (Å²) in [4.78, 5) is 42.6. The van der Waals surface area contributed by atoms with E-state index in [1.54, 1.807) is 65.4 Å². The molecule has 0 fully saturated rings. The maximum atomic E-state index is 13.4. The van der Waals surface area contributed by atoms with Crippen molar-refractivity contribution in [2.45, 2.75) is 65.1 Å². The van der Waals surface area contributed by atoms with Gasteiger partial charge in [-0.25, -0.2) is 9.59 Å². The Balaban J connectivity index is 2.20. The molecule has 1 aromatic heterocycles. The Morgan fingerprint density at radius 2 is 1.83 bits per heavy atom. The molecule has 188 valence electrons. The molecule has 35 heavy (non-hydrogen) atoms. The zero-order valence-electron chi connectivity index (χ0n) is 21.2. The molecule has 0 saturated heterocycles. The summed E-state index contributed by atoms with van der Waals surface area (Å²) in [6.45, 7) is 8.67. The summed E-state index contributed by atoms with van der Waals surface area (Å²) < 4.78 is 11.9. The van der Waals surface area contributed by atoms with Crippen molar-refractivity contribution in [1.82, 2.24) is 10.3 Å². The highest BCUT2D eigenvalue weighted by molar-refractivity contribution is 5.86. The molecule has 0 aliphatic carbocycles. The second-order valence-corrected chi connectivity index (χ2v) is 9.19. The zero-order valence-corrected chi connectivity index (χ0v) is 21.2. The smallest absolute Gasteiger partial charge is 0.404 e. The molecule has 0 radical (unpaired) electrons. The number of aromatic nitrogens is 1. The number of ether oxygens (including phenoxy) is 2. The molecule has 8 nitrogen and oxygen atoms in total. The Kier molecular flexibility index (Phi) is 10.7. The van der Waals surface area contributed by atoms with Gasteiger partial charge in [-0.3, -0.25) is 15.1 Å². The first-order valence-corrected chi connectivity index (χ1v) is 11.8. The number of nitrogens with one attached hydrogen (secondary N) is 1. The minimum Gasteiger partial charge on any atom is -0.465 e. The van der Waals surface area contributed by atoms with Crippen LogP contribution in [-0.4, -0.2) is 64.5 Å². The molecule has 1 amide bonds. The van der Waals surface area contributed by atoms with E-state index in [0.29, 0.717) is 18.4 Å². The lowest BCUT2D eigenvalue weighted by Crippen LogP contribution is -2.50. The fraction of sp³-hybridized carbons (Fsp3) is 0.444. The largest absolute Gasteiger partial charge is 0.465 e. The van der Waals surface area contributed by atoms with Crippen LogP contribution in [0.2, 0.25) is 0 Å². The van der Waals surface area contributed by atoms with Gasteiger partial charge in [0.15, 0.2) is 6.21 Å². The monoisotopic (exact) mass is 482 g/mol. The number of pyridine rings is 1. The first-order chi connectivity index (χ1) is 16.6. The standard InChI is InChI=1S/C27H36N3O5/c1-6-34-26(33)23(15-14-21-11-8-7-9-12-21)29-20(2)25(32)30(18-22-13-10-16-28-17-22)19-24(31)35-27(3,4)5/h7-13,16-18,20,23,29H,6,14-15,19H2,1-5H3/q+1/t20-,23-/m0/s1. The number of nitrogens with zero attached hydrogens (tertiary/aromatic N) is 2. The number of amides is 1. The van der Waals surface area contributed by atoms with Crippen LogP contribution in [0, 0.1) is 0 Å². The van der Waals surface area contributed by atoms with Gasteiger partial charge in [0.25, 0.3) is 0 Å². The first kappa shape index (κ1) is 27.9. The van der Waals surface area contributed by atoms with Crippen LogP contribution in [-0.2, 0) is 30.3 Å². The van der Waals surface area contributed by atoms with E-state index in [4.69, 9.17) is 9.47 Å². The average molecular weight is 483 g/mol. The lowest BCUT2D eigenvalue weighted by Gasteiger charge is -2.21. The summed E-state index contributed by atoms with van der Waals surface area (Å²) in [5.74, 6) is -1.34. The van der Waals surface area contributed by atoms with Crippen molar-refractivity contribution in [2.75, 3.05) is 13.2 Å². The van der Waals surface area contributed by atoms with E-state index >= 15 is 0 Å². The summed E-state index contributed by atoms with van der Waals surface area (Å²) in [6, 6.07) is 11.9. The third-order valence-corrected chi connectivity index (χ3v) is 4.95. The zero-order chi connectivity index (χ0) is 25.8. The molecule has 1 aromatic carbocycles. The third-order valence-electron chi connectivity index (χ3n) is 4.95. The highest BCUT2D eigenvalue weighted by atomic mass is 16.6. The highest BCUT2D eigenvalue weighted by Gasteiger charge is 2.33. The van der Waals surface area contributed by atoms with Crippen LogP contribution in [0.3, 0.4) is 0 Å². The van der Waals surface area contributed by atoms with Gasteiger partial charge in [-0.15, -0.1) is 0 Å². The Morgan fingerprint density at radius 1 is 1.11 bits per heavy atom. The van der Waals surface area contributed by atoms with Gasteiger partial charge < -0.3 is 9.47 Å². The third kappa shape index (κ3) is 10.2. The SMILES string of the molecule is CCOC(=O)[C@H](CCc1ccccc1)N[C@@H](C)C(=O)[N+](=Cc1cccnc1)CC(=O)OC(C)(C)C. The lowest BCUT2D eigenvalue weighted by atomic mass is 10.0. The molecule has 1 heterocycles. The van der Waals surface area contributed by atoms with Crippen molar-refractivity contribution in [3.05, 3.63) is 66.0 Å². The first-order valence-electron chi connectivity index (χ1n) is 11.8. The topological polar surface area (TPSA) is 97.6 Å². The summed E-state index contributed by atoms with van der Waals surface area (Å²) >= 11 is 0. The van der Waals surface area contributed by atoms with Crippen molar-refractivity contribution < 1.29 is 28.4 Å². The maximum absolute atomic E-state index is 13.4. The normalized spacial score (nSPS) is 13.6. The van der Waals surface area contributed by atoms with Gasteiger partial charge in [0.2, 0.25) is 6.54 Å². The van der Waals surface area contributed by atoms with Gasteiger partial charge in [-0.05, 0) is 65.2 Å². The average Bonchev–Trinajstić information content (AvgIpc) is 2.81. The number of rotatable bonds is 11. The highest BCUT2D eigenvalue weighted by Crippen LogP contribution is 2.09. The second kappa shape index (κ2) is 13.5. The number of esters is 2. The summed E-state index contributed by atoms with van der Waals surface area (Å²) in [5, 5.41) is 3.11. The predicted molar refractivity (Wildman–Crippen MR) is 133 cm³/mol. The van der Waals surface area contributed by atoms with Crippen LogP contribution in [0.15, 0.2) is 54.9 Å². The quantitative estimate of drug-likeness (QED) is 0.299. The van der Waals surface area contributed by atoms with E-state index in [1.807, 2.05) is 30.3 Å². The number of carbonyl (C=O) groups is 3. The van der Waals surface area contributed by atoms with Crippen LogP contribution in [0.4, 0.5) is 0 Å². The molecule has 8 heteroatoms. The molecule has 2 rings (SSSR count). The molecule has 0 bridgehead atoms. The Hall–Kier alpha value is -3.39. The van der Waals surface area contributed by atoms with Crippen molar-refractivity contribution in [3.8, 4) is 0 Å². The Bertz CT molecular complexity index is 1000. The molecule has 2 atom stereocenters. The molecule has 0 spiro atoms. The van der Waals surface area contributed by atoms with Crippen molar-refractivity contribution in [2.24, 2.45) is 0 Å². The van der Waals surface area contributed by atoms with E-state index in [0.717, 1.165) is 5.56 Å². The predicted octanol–water partition coefficient (Wildman–Crippen LogP) is 2.92. The van der Waals surface area contributed by atoms with Crippen molar-refractivity contribution >= 4 is 24.1 Å². The molecule has 0 saturated carbocycles. The minimum absolute atomic E-state index is 0.240. The van der Waals surface area contributed by atoms with E-state index in [1.165, 1.54) is 4.58 Å². The van der Waals surface area contributed by atoms with Crippen LogP contribution in [0.1, 0.15) is 52.2 Å². The van der Waals surface area contributed by atoms with Crippen molar-refractivity contribution in [1.29, 1.82) is 0 Å². The summed E-state index contributed by atoms with van der Waals surface area (Å²) in [7, 11) is 0. The number of benzene rings is 1. The van der Waals surface area contributed by atoms with Gasteiger partial charge >= 0.3 is 17.8 Å². The van der Waals surface area contributed by atoms with Gasteiger partial charge in [0, 0.05) is 12.4 Å². The molecule has 2 aromatic rings. The van der Waals surface area contributed by atoms with Gasteiger partial charge in [-0.2, -0.15) is 4.58 Å². The summed E-state index contributed by atoms with van der Waals surface area (Å²) in [6.07, 6.45) is 5.87. The molecule has 0 aliphatic heterocycles. The van der Waals surface area contributed by atoms with Crippen LogP contribution >= 0.6 is 0 Å². The number of hydrogen-bond donors (Lipinski definition) is 1. The fourth-order valence-corrected chi connectivity index (χ4v) is 3.42. The van der Waals surface area contributed by atoms with E-state index in [2.05, 4.69) is 10.3 Å². The van der Waals surface area contributed by atoms with Crippen LogP contribution in [0.5, 0.6) is 0 Å². The number of aryl methyl sites for hydroxylation is 1. The van der Waals surface area contributed by atoms with E-state index < -0.39 is 29.6 Å². The Labute approximate surface area is 207 Å². The molecular weight excluding hydrogens is 446 g/mol. The van der Waals surface area contributed by atoms with Crippen molar-refractivity contribution in [3.63, 3.8) is 0 Å². The van der Waals surface area contributed by atoms with Crippen LogP contribution < -0.4 is 5.32 Å². The maximum Gasteiger partial charge on any atom is 0.404 e. The van der Waals surface area contributed by atoms with Gasteiger partial charge in [-0.1, -0.05) is 30.3 Å². The Morgan fingerprint density at radius 3 is 2.43 bits per heavy atom. The molecule has 0 aliphatic rings. The van der Waals surface area contributed by atoms with Gasteiger partial charge in [0.05, 0.1) is 12.2 Å². The van der Waals surface area contributed by atoms with Crippen LogP contribution in [0.25, 0.3) is 0 Å². The molecular formula is C27H36N3O5+. The fourth-order valence-electron chi connectivity index (χ4n) is 3.42. The minimum atomic E-state index is -0.768. The number of carbonyl (C=O) groups excluding carboxylic acids is 3. The van der Waals surface area contributed by atoms with Gasteiger partial charge in [0.1, 0.15) is 17.7 Å². The molecule has 1 N–H and O–H groups in total. The second-order valence-electron chi connectivity index (χ2n) is 9.19. The number of hydrogen-bond acceptors (Lipinski definition) is 7. The molecule has 0 unspecified atom stereocenters.